The van der Waals surface area contributed by atoms with Gasteiger partial charge in [-0.05, 0) is 50.3 Å². The number of hydrogen-bond donors (Lipinski definition) is 0. The van der Waals surface area contributed by atoms with Crippen LogP contribution in [0.15, 0.2) is 30.7 Å². The van der Waals surface area contributed by atoms with Gasteiger partial charge in [0.15, 0.2) is 0 Å². The van der Waals surface area contributed by atoms with Gasteiger partial charge in [0, 0.05) is 57.0 Å². The Labute approximate surface area is 144 Å². The molecule has 0 N–H and O–H groups in total. The zero-order valence-electron chi connectivity index (χ0n) is 14.9. The maximum absolute atomic E-state index is 4.42. The largest absolute Gasteiger partial charge is 0.347 e. The van der Waals surface area contributed by atoms with E-state index in [1.807, 2.05) is 44.5 Å². The molecule has 1 aliphatic rings. The van der Waals surface area contributed by atoms with E-state index in [2.05, 4.69) is 32.0 Å². The van der Waals surface area contributed by atoms with E-state index in [0.29, 0.717) is 5.92 Å². The van der Waals surface area contributed by atoms with Crippen LogP contribution >= 0.6 is 0 Å². The number of piperidine rings is 1. The average molecular weight is 325 g/mol. The molecule has 3 heterocycles. The van der Waals surface area contributed by atoms with Crippen LogP contribution in [0.5, 0.6) is 0 Å². The van der Waals surface area contributed by atoms with Crippen molar-refractivity contribution in [3.63, 3.8) is 0 Å². The molecule has 0 bridgehead atoms. The van der Waals surface area contributed by atoms with E-state index >= 15 is 0 Å². The van der Waals surface area contributed by atoms with Crippen LogP contribution in [0.4, 0.5) is 5.95 Å². The van der Waals surface area contributed by atoms with E-state index in [1.165, 1.54) is 24.0 Å². The average Bonchev–Trinajstić information content (AvgIpc) is 2.58. The Morgan fingerprint density at radius 3 is 2.50 bits per heavy atom. The number of pyridine rings is 1. The maximum Gasteiger partial charge on any atom is 0.224 e. The number of aromatic nitrogens is 3. The highest BCUT2D eigenvalue weighted by Gasteiger charge is 2.20. The van der Waals surface area contributed by atoms with Crippen LogP contribution in [0.1, 0.15) is 29.7 Å². The molecule has 1 saturated heterocycles. The second kappa shape index (κ2) is 7.71. The van der Waals surface area contributed by atoms with Gasteiger partial charge in [-0.2, -0.15) is 0 Å². The first-order valence-corrected chi connectivity index (χ1v) is 8.72. The summed E-state index contributed by atoms with van der Waals surface area (Å²) in [4.78, 5) is 17.7. The van der Waals surface area contributed by atoms with Crippen LogP contribution in [0.3, 0.4) is 0 Å². The van der Waals surface area contributed by atoms with E-state index < -0.39 is 0 Å². The summed E-state index contributed by atoms with van der Waals surface area (Å²) in [5.41, 5.74) is 3.63. The third-order valence-corrected chi connectivity index (χ3v) is 4.60. The normalized spacial score (nSPS) is 18.5. The molecule has 0 aromatic carbocycles. The quantitative estimate of drug-likeness (QED) is 0.846. The molecule has 128 valence electrons. The van der Waals surface area contributed by atoms with Crippen LogP contribution in [0.25, 0.3) is 0 Å². The fraction of sp³-hybridized carbons (Fsp3) is 0.526. The number of anilines is 1. The zero-order chi connectivity index (χ0) is 16.9. The van der Waals surface area contributed by atoms with Gasteiger partial charge >= 0.3 is 0 Å². The Kier molecular flexibility index (Phi) is 5.41. The lowest BCUT2D eigenvalue weighted by Gasteiger charge is -2.32. The third kappa shape index (κ3) is 4.51. The first kappa shape index (κ1) is 16.8. The zero-order valence-corrected chi connectivity index (χ0v) is 14.9. The van der Waals surface area contributed by atoms with Gasteiger partial charge in [0.05, 0.1) is 0 Å². The predicted molar refractivity (Wildman–Crippen MR) is 97.0 cm³/mol. The SMILES string of the molecule is Cc1ccc(C[C@@H]2CCCN(Cc3cnc(N(C)C)nc3)C2)cn1. The molecule has 0 radical (unpaired) electrons. The topological polar surface area (TPSA) is 45.2 Å². The Balaban J connectivity index is 1.56. The summed E-state index contributed by atoms with van der Waals surface area (Å²) in [5.74, 6) is 1.48. The fourth-order valence-electron chi connectivity index (χ4n) is 3.33. The minimum Gasteiger partial charge on any atom is -0.347 e. The molecule has 1 aliphatic heterocycles. The lowest BCUT2D eigenvalue weighted by Crippen LogP contribution is -2.35. The van der Waals surface area contributed by atoms with Gasteiger partial charge in [-0.25, -0.2) is 9.97 Å². The molecular formula is C19H27N5. The fourth-order valence-corrected chi connectivity index (χ4v) is 3.33. The van der Waals surface area contributed by atoms with Gasteiger partial charge < -0.3 is 4.90 Å². The highest BCUT2D eigenvalue weighted by atomic mass is 15.2. The van der Waals surface area contributed by atoms with E-state index in [9.17, 15) is 0 Å². The summed E-state index contributed by atoms with van der Waals surface area (Å²) in [6.45, 7) is 5.29. The van der Waals surface area contributed by atoms with Crippen molar-refractivity contribution in [1.82, 2.24) is 19.9 Å². The lowest BCUT2D eigenvalue weighted by atomic mass is 9.91. The third-order valence-electron chi connectivity index (χ3n) is 4.60. The molecule has 0 saturated carbocycles. The van der Waals surface area contributed by atoms with Gasteiger partial charge in [-0.1, -0.05) is 6.07 Å². The molecule has 0 spiro atoms. The van der Waals surface area contributed by atoms with Crippen LogP contribution in [0.2, 0.25) is 0 Å². The molecule has 1 fully saturated rings. The molecule has 5 heteroatoms. The minimum atomic E-state index is 0.713. The highest BCUT2D eigenvalue weighted by molar-refractivity contribution is 5.26. The summed E-state index contributed by atoms with van der Waals surface area (Å²) < 4.78 is 0. The van der Waals surface area contributed by atoms with Crippen molar-refractivity contribution in [2.75, 3.05) is 32.1 Å². The van der Waals surface area contributed by atoms with Gasteiger partial charge in [0.2, 0.25) is 5.95 Å². The van der Waals surface area contributed by atoms with Crippen LogP contribution < -0.4 is 4.90 Å². The summed E-state index contributed by atoms with van der Waals surface area (Å²) in [6.07, 6.45) is 9.63. The van der Waals surface area contributed by atoms with Gasteiger partial charge in [0.25, 0.3) is 0 Å². The Morgan fingerprint density at radius 1 is 1.08 bits per heavy atom. The molecule has 0 aliphatic carbocycles. The van der Waals surface area contributed by atoms with Crippen LogP contribution in [0, 0.1) is 12.8 Å². The van der Waals surface area contributed by atoms with Crippen molar-refractivity contribution in [3.05, 3.63) is 47.5 Å². The van der Waals surface area contributed by atoms with Crippen molar-refractivity contribution in [1.29, 1.82) is 0 Å². The van der Waals surface area contributed by atoms with Crippen molar-refractivity contribution in [2.45, 2.75) is 32.7 Å². The highest BCUT2D eigenvalue weighted by Crippen LogP contribution is 2.22. The molecule has 24 heavy (non-hydrogen) atoms. The van der Waals surface area contributed by atoms with Gasteiger partial charge in [0.1, 0.15) is 0 Å². The molecule has 3 rings (SSSR count). The molecule has 0 unspecified atom stereocenters. The molecule has 0 amide bonds. The number of rotatable bonds is 5. The van der Waals surface area contributed by atoms with E-state index in [4.69, 9.17) is 0 Å². The molecular weight excluding hydrogens is 298 g/mol. The van der Waals surface area contributed by atoms with Crippen molar-refractivity contribution >= 4 is 5.95 Å². The standard InChI is InChI=1S/C19H27N5/c1-15-6-7-16(10-20-15)9-17-5-4-8-24(13-17)14-18-11-21-19(22-12-18)23(2)3/h6-7,10-12,17H,4-5,8-9,13-14H2,1-3H3/t17-/m0/s1. The van der Waals surface area contributed by atoms with E-state index in [-0.39, 0.29) is 0 Å². The van der Waals surface area contributed by atoms with E-state index in [1.54, 1.807) is 0 Å². The summed E-state index contributed by atoms with van der Waals surface area (Å²) in [7, 11) is 3.92. The van der Waals surface area contributed by atoms with Crippen molar-refractivity contribution in [2.24, 2.45) is 5.92 Å². The number of hydrogen-bond acceptors (Lipinski definition) is 5. The first-order valence-electron chi connectivity index (χ1n) is 8.72. The molecule has 1 atom stereocenters. The van der Waals surface area contributed by atoms with Crippen molar-refractivity contribution in [3.8, 4) is 0 Å². The number of aryl methyl sites for hydroxylation is 1. The Morgan fingerprint density at radius 2 is 1.83 bits per heavy atom. The summed E-state index contributed by atoms with van der Waals surface area (Å²) >= 11 is 0. The monoisotopic (exact) mass is 325 g/mol. The first-order chi connectivity index (χ1) is 11.6. The number of nitrogens with zero attached hydrogens (tertiary/aromatic N) is 5. The van der Waals surface area contributed by atoms with E-state index in [0.717, 1.165) is 37.7 Å². The molecule has 2 aromatic heterocycles. The van der Waals surface area contributed by atoms with Crippen molar-refractivity contribution < 1.29 is 0 Å². The molecule has 5 nitrogen and oxygen atoms in total. The van der Waals surface area contributed by atoms with Gasteiger partial charge in [-0.3, -0.25) is 9.88 Å². The summed E-state index contributed by atoms with van der Waals surface area (Å²) in [5, 5.41) is 0. The Hall–Kier alpha value is -2.01. The number of likely N-dealkylation sites (tertiary alicyclic amines) is 1. The molecule has 2 aromatic rings. The Bertz CT molecular complexity index is 636. The van der Waals surface area contributed by atoms with Gasteiger partial charge in [-0.15, -0.1) is 0 Å². The van der Waals surface area contributed by atoms with Crippen LogP contribution in [-0.4, -0.2) is 47.0 Å². The lowest BCUT2D eigenvalue weighted by molar-refractivity contribution is 0.166. The summed E-state index contributed by atoms with van der Waals surface area (Å²) in [6, 6.07) is 4.33. The smallest absolute Gasteiger partial charge is 0.224 e. The van der Waals surface area contributed by atoms with Crippen LogP contribution in [-0.2, 0) is 13.0 Å². The predicted octanol–water partition coefficient (Wildman–Crippen LogP) is 2.70. The second-order valence-electron chi connectivity index (χ2n) is 7.04. The maximum atomic E-state index is 4.42. The minimum absolute atomic E-state index is 0.713. The second-order valence-corrected chi connectivity index (χ2v) is 7.04.